The molecule has 194 valence electrons. The van der Waals surface area contributed by atoms with Crippen LogP contribution in [-0.4, -0.2) is 12.4 Å². The van der Waals surface area contributed by atoms with E-state index in [0.717, 1.165) is 12.1 Å². The fraction of sp³-hybridized carbons (Fsp3) is 0.0714. The lowest BCUT2D eigenvalue weighted by atomic mass is 9.93. The minimum atomic E-state index is -4.94. The summed E-state index contributed by atoms with van der Waals surface area (Å²) < 4.78 is 83.9. The Morgan fingerprint density at radius 1 is 0.500 bits per heavy atom. The molecule has 10 heteroatoms. The Balaban J connectivity index is 1.75. The summed E-state index contributed by atoms with van der Waals surface area (Å²) in [7, 11) is 0. The van der Waals surface area contributed by atoms with Crippen molar-refractivity contribution in [2.75, 3.05) is 0 Å². The second-order valence-electron chi connectivity index (χ2n) is 8.07. The van der Waals surface area contributed by atoms with Gasteiger partial charge in [0.15, 0.2) is 0 Å². The fourth-order valence-electron chi connectivity index (χ4n) is 3.56. The maximum absolute atomic E-state index is 14.0. The van der Waals surface area contributed by atoms with Gasteiger partial charge in [0.25, 0.3) is 0 Å². The molecule has 0 atom stereocenters. The molecule has 0 spiro atoms. The van der Waals surface area contributed by atoms with Crippen molar-refractivity contribution in [3.8, 4) is 11.1 Å². The van der Waals surface area contributed by atoms with E-state index < -0.39 is 34.6 Å². The molecule has 2 nitrogen and oxygen atoms in total. The van der Waals surface area contributed by atoms with Crippen molar-refractivity contribution >= 4 is 47.0 Å². The average molecular weight is 565 g/mol. The molecule has 0 aliphatic carbocycles. The van der Waals surface area contributed by atoms with Crippen molar-refractivity contribution in [3.05, 3.63) is 117 Å². The maximum Gasteiger partial charge on any atom is 0.417 e. The Bertz CT molecular complexity index is 1380. The van der Waals surface area contributed by atoms with Gasteiger partial charge in [0.2, 0.25) is 0 Å². The Morgan fingerprint density at radius 2 is 0.842 bits per heavy atom. The first kappa shape index (κ1) is 27.4. The van der Waals surface area contributed by atoms with Crippen LogP contribution in [0.1, 0.15) is 22.3 Å². The zero-order valence-electron chi connectivity index (χ0n) is 19.2. The first-order valence-electron chi connectivity index (χ1n) is 10.9. The van der Waals surface area contributed by atoms with Crippen molar-refractivity contribution in [2.45, 2.75) is 12.4 Å². The van der Waals surface area contributed by atoms with E-state index >= 15 is 0 Å². The lowest BCUT2D eigenvalue weighted by Crippen LogP contribution is -2.11. The molecule has 4 aromatic carbocycles. The van der Waals surface area contributed by atoms with Gasteiger partial charge in [-0.15, -0.1) is 0 Å². The van der Waals surface area contributed by atoms with Crippen molar-refractivity contribution in [1.82, 2.24) is 0 Å². The molecule has 0 aliphatic heterocycles. The topological polar surface area (TPSA) is 24.7 Å². The molecular weight excluding hydrogens is 549 g/mol. The van der Waals surface area contributed by atoms with Gasteiger partial charge in [0, 0.05) is 22.5 Å². The number of rotatable bonds is 5. The van der Waals surface area contributed by atoms with Crippen molar-refractivity contribution in [2.24, 2.45) is 9.98 Å². The Kier molecular flexibility index (Phi) is 7.94. The minimum Gasteiger partial charge on any atom is -0.256 e. The highest BCUT2D eigenvalue weighted by Crippen LogP contribution is 2.44. The second kappa shape index (κ2) is 11.0. The van der Waals surface area contributed by atoms with Gasteiger partial charge in [-0.25, -0.2) is 0 Å². The first-order chi connectivity index (χ1) is 17.9. The molecule has 0 aromatic heterocycles. The van der Waals surface area contributed by atoms with Crippen LogP contribution in [0.15, 0.2) is 94.9 Å². The summed E-state index contributed by atoms with van der Waals surface area (Å²) >= 11 is 11.6. The maximum atomic E-state index is 14.0. The molecule has 0 unspecified atom stereocenters. The van der Waals surface area contributed by atoms with E-state index in [1.807, 2.05) is 0 Å². The predicted molar refractivity (Wildman–Crippen MR) is 139 cm³/mol. The van der Waals surface area contributed by atoms with Crippen LogP contribution in [0.3, 0.4) is 0 Å². The van der Waals surface area contributed by atoms with E-state index in [0.29, 0.717) is 33.3 Å². The predicted octanol–water partition coefficient (Wildman–Crippen LogP) is 10.2. The van der Waals surface area contributed by atoms with Gasteiger partial charge in [-0.1, -0.05) is 59.6 Å². The quantitative estimate of drug-likeness (QED) is 0.170. The molecule has 0 radical (unpaired) electrons. The highest BCUT2D eigenvalue weighted by Gasteiger charge is 2.38. The summed E-state index contributed by atoms with van der Waals surface area (Å²) in [5.41, 5.74) is -2.71. The third-order valence-electron chi connectivity index (χ3n) is 5.37. The van der Waals surface area contributed by atoms with Gasteiger partial charge in [-0.2, -0.15) is 26.3 Å². The van der Waals surface area contributed by atoms with Gasteiger partial charge in [-0.05, 0) is 70.8 Å². The molecule has 0 amide bonds. The van der Waals surface area contributed by atoms with Crippen LogP contribution in [-0.2, 0) is 12.4 Å². The molecule has 0 saturated heterocycles. The standard InChI is InChI=1S/C28H16Cl2F6N2/c29-19-5-1-17(2-6-19)15-37-21-9-11-23(25(13-21)27(31,32)33)24-12-10-22(14-26(24)28(34,35)36)38-16-18-3-7-20(30)8-4-18/h1-16H. The molecule has 4 rings (SSSR count). The molecule has 0 bridgehead atoms. The van der Waals surface area contributed by atoms with Crippen LogP contribution in [0.2, 0.25) is 10.0 Å². The monoisotopic (exact) mass is 564 g/mol. The van der Waals surface area contributed by atoms with Gasteiger partial charge in [0.05, 0.1) is 22.5 Å². The van der Waals surface area contributed by atoms with Crippen molar-refractivity contribution < 1.29 is 26.3 Å². The summed E-state index contributed by atoms with van der Waals surface area (Å²) in [5, 5.41) is 0.959. The SMILES string of the molecule is FC(F)(F)c1cc(N=Cc2ccc(Cl)cc2)ccc1-c1ccc(N=Cc2ccc(Cl)cc2)cc1C(F)(F)F. The average Bonchev–Trinajstić information content (AvgIpc) is 2.87. The molecule has 0 N–H and O–H groups in total. The Labute approximate surface area is 223 Å². The Hall–Kier alpha value is -3.62. The largest absolute Gasteiger partial charge is 0.417 e. The summed E-state index contributed by atoms with van der Waals surface area (Å²) in [6, 6.07) is 18.7. The summed E-state index contributed by atoms with van der Waals surface area (Å²) in [5.74, 6) is 0. The van der Waals surface area contributed by atoms with E-state index in [-0.39, 0.29) is 11.4 Å². The third kappa shape index (κ3) is 6.82. The second-order valence-corrected chi connectivity index (χ2v) is 8.95. The van der Waals surface area contributed by atoms with Gasteiger partial charge >= 0.3 is 12.4 Å². The number of benzene rings is 4. The van der Waals surface area contributed by atoms with Gasteiger partial charge < -0.3 is 0 Å². The number of aliphatic imine (C=N–C) groups is 2. The van der Waals surface area contributed by atoms with E-state index in [1.54, 1.807) is 48.5 Å². The number of nitrogens with zero attached hydrogens (tertiary/aromatic N) is 2. The van der Waals surface area contributed by atoms with E-state index in [4.69, 9.17) is 23.2 Å². The van der Waals surface area contributed by atoms with Crippen LogP contribution < -0.4 is 0 Å². The summed E-state index contributed by atoms with van der Waals surface area (Å²) in [6.45, 7) is 0. The van der Waals surface area contributed by atoms with E-state index in [2.05, 4.69) is 9.98 Å². The number of hydrogen-bond acceptors (Lipinski definition) is 2. The smallest absolute Gasteiger partial charge is 0.256 e. The number of halogens is 8. The summed E-state index contributed by atoms with van der Waals surface area (Å²) in [4.78, 5) is 8.08. The van der Waals surface area contributed by atoms with Crippen molar-refractivity contribution in [1.29, 1.82) is 0 Å². The molecular formula is C28H16Cl2F6N2. The van der Waals surface area contributed by atoms with Crippen LogP contribution in [0, 0.1) is 0 Å². The normalized spacial score (nSPS) is 12.5. The molecule has 0 saturated carbocycles. The first-order valence-corrected chi connectivity index (χ1v) is 11.7. The highest BCUT2D eigenvalue weighted by atomic mass is 35.5. The zero-order chi connectivity index (χ0) is 27.5. The van der Waals surface area contributed by atoms with Crippen LogP contribution >= 0.6 is 23.2 Å². The van der Waals surface area contributed by atoms with Crippen LogP contribution in [0.4, 0.5) is 37.7 Å². The van der Waals surface area contributed by atoms with Crippen LogP contribution in [0.5, 0.6) is 0 Å². The molecule has 0 heterocycles. The summed E-state index contributed by atoms with van der Waals surface area (Å²) in [6.07, 6.45) is -7.20. The van der Waals surface area contributed by atoms with Crippen molar-refractivity contribution in [3.63, 3.8) is 0 Å². The lowest BCUT2D eigenvalue weighted by molar-refractivity contribution is -0.139. The van der Waals surface area contributed by atoms with Gasteiger partial charge in [0.1, 0.15) is 0 Å². The number of hydrogen-bond donors (Lipinski definition) is 0. The lowest BCUT2D eigenvalue weighted by Gasteiger charge is -2.18. The number of alkyl halides is 6. The molecule has 4 aromatic rings. The molecule has 0 fully saturated rings. The van der Waals surface area contributed by atoms with Crippen LogP contribution in [0.25, 0.3) is 11.1 Å². The van der Waals surface area contributed by atoms with Gasteiger partial charge in [-0.3, -0.25) is 9.98 Å². The molecule has 0 aliphatic rings. The zero-order valence-corrected chi connectivity index (χ0v) is 20.7. The molecule has 38 heavy (non-hydrogen) atoms. The third-order valence-corrected chi connectivity index (χ3v) is 5.88. The highest BCUT2D eigenvalue weighted by molar-refractivity contribution is 6.30. The fourth-order valence-corrected chi connectivity index (χ4v) is 3.81. The minimum absolute atomic E-state index is 0.0752. The Morgan fingerprint density at radius 3 is 1.16 bits per heavy atom. The van der Waals surface area contributed by atoms with E-state index in [9.17, 15) is 26.3 Å². The van der Waals surface area contributed by atoms with E-state index in [1.165, 1.54) is 24.6 Å².